The second-order valence-electron chi connectivity index (χ2n) is 5.32. The zero-order chi connectivity index (χ0) is 11.7. The first kappa shape index (κ1) is 11.1. The fourth-order valence-electron chi connectivity index (χ4n) is 3.45. The van der Waals surface area contributed by atoms with Gasteiger partial charge < -0.3 is 10.1 Å². The molecule has 1 aliphatic carbocycles. The summed E-state index contributed by atoms with van der Waals surface area (Å²) in [6, 6.07) is 6.65. The van der Waals surface area contributed by atoms with E-state index in [0.29, 0.717) is 0 Å². The molecule has 0 saturated carbocycles. The lowest BCUT2D eigenvalue weighted by Gasteiger charge is -2.30. The van der Waals surface area contributed by atoms with Crippen LogP contribution in [0.15, 0.2) is 18.2 Å². The van der Waals surface area contributed by atoms with E-state index in [-0.39, 0.29) is 0 Å². The maximum Gasteiger partial charge on any atom is 0.119 e. The highest BCUT2D eigenvalue weighted by Gasteiger charge is 2.29. The van der Waals surface area contributed by atoms with Crippen LogP contribution in [-0.4, -0.2) is 20.2 Å². The molecule has 0 spiro atoms. The first-order valence-corrected chi connectivity index (χ1v) is 6.76. The molecule has 3 rings (SSSR count). The van der Waals surface area contributed by atoms with Crippen LogP contribution in [0, 0.1) is 5.92 Å². The van der Waals surface area contributed by atoms with Crippen LogP contribution in [0.4, 0.5) is 0 Å². The molecule has 0 aromatic heterocycles. The van der Waals surface area contributed by atoms with Crippen molar-refractivity contribution in [2.45, 2.75) is 31.6 Å². The van der Waals surface area contributed by atoms with Gasteiger partial charge in [-0.05, 0) is 73.9 Å². The minimum atomic E-state index is 0.754. The molecule has 2 nitrogen and oxygen atoms in total. The molecular formula is C15H21NO. The van der Waals surface area contributed by atoms with Crippen LogP contribution in [0.2, 0.25) is 0 Å². The van der Waals surface area contributed by atoms with Crippen molar-refractivity contribution in [3.8, 4) is 5.75 Å². The normalized spacial score (nSPS) is 27.8. The van der Waals surface area contributed by atoms with Crippen molar-refractivity contribution < 1.29 is 4.74 Å². The molecule has 2 atom stereocenters. The molecule has 1 aromatic rings. The van der Waals surface area contributed by atoms with Crippen molar-refractivity contribution in [2.24, 2.45) is 5.92 Å². The Hall–Kier alpha value is -1.02. The molecule has 1 saturated heterocycles. The molecule has 0 radical (unpaired) electrons. The Morgan fingerprint density at radius 3 is 3.00 bits per heavy atom. The van der Waals surface area contributed by atoms with Crippen molar-refractivity contribution in [3.05, 3.63) is 29.3 Å². The molecule has 1 fully saturated rings. The number of aryl methyl sites for hydroxylation is 1. The largest absolute Gasteiger partial charge is 0.497 e. The lowest BCUT2D eigenvalue weighted by molar-refractivity contribution is 0.393. The minimum absolute atomic E-state index is 0.754. The van der Waals surface area contributed by atoms with Crippen LogP contribution in [0.3, 0.4) is 0 Å². The lowest BCUT2D eigenvalue weighted by Crippen LogP contribution is -2.20. The van der Waals surface area contributed by atoms with E-state index in [1.54, 1.807) is 18.2 Å². The van der Waals surface area contributed by atoms with Gasteiger partial charge in [0.05, 0.1) is 7.11 Å². The number of rotatable bonds is 2. The van der Waals surface area contributed by atoms with Crippen LogP contribution in [0.5, 0.6) is 5.75 Å². The third kappa shape index (κ3) is 2.06. The summed E-state index contributed by atoms with van der Waals surface area (Å²) in [5.41, 5.74) is 3.11. The summed E-state index contributed by atoms with van der Waals surface area (Å²) in [4.78, 5) is 0. The number of hydrogen-bond acceptors (Lipinski definition) is 2. The fourth-order valence-corrected chi connectivity index (χ4v) is 3.45. The summed E-state index contributed by atoms with van der Waals surface area (Å²) in [6.45, 7) is 2.39. The fraction of sp³-hybridized carbons (Fsp3) is 0.600. The molecule has 0 bridgehead atoms. The average Bonchev–Trinajstić information content (AvgIpc) is 2.91. The molecule has 2 unspecified atom stereocenters. The van der Waals surface area contributed by atoms with Gasteiger partial charge in [0, 0.05) is 0 Å². The number of benzene rings is 1. The third-order valence-electron chi connectivity index (χ3n) is 4.38. The summed E-state index contributed by atoms with van der Waals surface area (Å²) in [6.07, 6.45) is 5.28. The lowest BCUT2D eigenvalue weighted by atomic mass is 9.75. The Morgan fingerprint density at radius 2 is 2.24 bits per heavy atom. The van der Waals surface area contributed by atoms with Crippen LogP contribution in [-0.2, 0) is 6.42 Å². The smallest absolute Gasteiger partial charge is 0.119 e. The molecule has 17 heavy (non-hydrogen) atoms. The molecule has 2 heteroatoms. The van der Waals surface area contributed by atoms with Gasteiger partial charge in [-0.2, -0.15) is 0 Å². The van der Waals surface area contributed by atoms with Crippen LogP contribution in [0.25, 0.3) is 0 Å². The van der Waals surface area contributed by atoms with Gasteiger partial charge in [-0.3, -0.25) is 0 Å². The standard InChI is InChI=1S/C15H21NO/c1-17-13-6-5-11-3-2-4-14(15(11)9-13)12-7-8-16-10-12/h5-6,9,12,14,16H,2-4,7-8,10H2,1H3. The second-order valence-corrected chi connectivity index (χ2v) is 5.32. The molecule has 1 aromatic carbocycles. The van der Waals surface area contributed by atoms with Gasteiger partial charge in [0.25, 0.3) is 0 Å². The van der Waals surface area contributed by atoms with Gasteiger partial charge in [-0.15, -0.1) is 0 Å². The minimum Gasteiger partial charge on any atom is -0.497 e. The van der Waals surface area contributed by atoms with E-state index in [9.17, 15) is 0 Å². The number of ether oxygens (including phenoxy) is 1. The maximum atomic E-state index is 5.38. The van der Waals surface area contributed by atoms with Crippen LogP contribution >= 0.6 is 0 Å². The van der Waals surface area contributed by atoms with E-state index in [1.165, 1.54) is 38.8 Å². The van der Waals surface area contributed by atoms with Crippen molar-refractivity contribution >= 4 is 0 Å². The molecular weight excluding hydrogens is 210 g/mol. The van der Waals surface area contributed by atoms with E-state index >= 15 is 0 Å². The van der Waals surface area contributed by atoms with Crippen LogP contribution < -0.4 is 10.1 Å². The highest BCUT2D eigenvalue weighted by molar-refractivity contribution is 5.40. The van der Waals surface area contributed by atoms with Gasteiger partial charge in [0.1, 0.15) is 5.75 Å². The van der Waals surface area contributed by atoms with E-state index in [0.717, 1.165) is 17.6 Å². The number of nitrogens with one attached hydrogen (secondary N) is 1. The summed E-state index contributed by atoms with van der Waals surface area (Å²) in [5, 5.41) is 3.50. The summed E-state index contributed by atoms with van der Waals surface area (Å²) < 4.78 is 5.38. The van der Waals surface area contributed by atoms with Gasteiger partial charge in [0.2, 0.25) is 0 Å². The predicted molar refractivity (Wildman–Crippen MR) is 69.6 cm³/mol. The monoisotopic (exact) mass is 231 g/mol. The zero-order valence-corrected chi connectivity index (χ0v) is 10.5. The van der Waals surface area contributed by atoms with Crippen molar-refractivity contribution in [2.75, 3.05) is 20.2 Å². The van der Waals surface area contributed by atoms with E-state index < -0.39 is 0 Å². The van der Waals surface area contributed by atoms with E-state index in [2.05, 4.69) is 23.5 Å². The van der Waals surface area contributed by atoms with E-state index in [4.69, 9.17) is 4.74 Å². The Bertz CT molecular complexity index is 396. The highest BCUT2D eigenvalue weighted by atomic mass is 16.5. The predicted octanol–water partition coefficient (Wildman–Crippen LogP) is 2.72. The molecule has 1 heterocycles. The summed E-state index contributed by atoms with van der Waals surface area (Å²) in [5.74, 6) is 2.60. The maximum absolute atomic E-state index is 5.38. The van der Waals surface area contributed by atoms with Gasteiger partial charge in [-0.1, -0.05) is 6.07 Å². The van der Waals surface area contributed by atoms with Crippen LogP contribution in [0.1, 0.15) is 36.3 Å². The summed E-state index contributed by atoms with van der Waals surface area (Å²) >= 11 is 0. The second kappa shape index (κ2) is 4.69. The van der Waals surface area contributed by atoms with Gasteiger partial charge in [-0.25, -0.2) is 0 Å². The summed E-state index contributed by atoms with van der Waals surface area (Å²) in [7, 11) is 1.76. The number of methoxy groups -OCH3 is 1. The Morgan fingerprint density at radius 1 is 1.29 bits per heavy atom. The molecule has 1 aliphatic heterocycles. The van der Waals surface area contributed by atoms with Crippen molar-refractivity contribution in [1.82, 2.24) is 5.32 Å². The van der Waals surface area contributed by atoms with Gasteiger partial charge in [0.15, 0.2) is 0 Å². The quantitative estimate of drug-likeness (QED) is 0.845. The first-order valence-electron chi connectivity index (χ1n) is 6.76. The topological polar surface area (TPSA) is 21.3 Å². The molecule has 92 valence electrons. The average molecular weight is 231 g/mol. The Labute approximate surface area is 103 Å². The molecule has 1 N–H and O–H groups in total. The van der Waals surface area contributed by atoms with Gasteiger partial charge >= 0.3 is 0 Å². The third-order valence-corrected chi connectivity index (χ3v) is 4.38. The number of fused-ring (bicyclic) bond motifs is 1. The molecule has 2 aliphatic rings. The Balaban J connectivity index is 1.93. The SMILES string of the molecule is COc1ccc2c(c1)C(C1CCNC1)CCC2. The Kier molecular flexibility index (Phi) is 3.06. The highest BCUT2D eigenvalue weighted by Crippen LogP contribution is 2.40. The van der Waals surface area contributed by atoms with E-state index in [1.807, 2.05) is 0 Å². The van der Waals surface area contributed by atoms with Crippen molar-refractivity contribution in [1.29, 1.82) is 0 Å². The van der Waals surface area contributed by atoms with Crippen molar-refractivity contribution in [3.63, 3.8) is 0 Å². The zero-order valence-electron chi connectivity index (χ0n) is 10.5. The first-order chi connectivity index (χ1) is 8.38. The molecule has 0 amide bonds. The number of hydrogen-bond donors (Lipinski definition) is 1.